The van der Waals surface area contributed by atoms with Crippen molar-refractivity contribution >= 4 is 13.7 Å². The lowest BCUT2D eigenvalue weighted by molar-refractivity contribution is -0.206. The van der Waals surface area contributed by atoms with Gasteiger partial charge >= 0.3 is 19.9 Å². The van der Waals surface area contributed by atoms with E-state index in [-0.39, 0.29) is 19.8 Å². The molecule has 1 aliphatic heterocycles. The second-order valence-electron chi connectivity index (χ2n) is 10.2. The second kappa shape index (κ2) is 13.4. The van der Waals surface area contributed by atoms with Gasteiger partial charge in [0.25, 0.3) is 0 Å². The number of rotatable bonds is 11. The van der Waals surface area contributed by atoms with E-state index in [0.717, 1.165) is 24.0 Å². The molecule has 3 aromatic carbocycles. The molecule has 1 heterocycles. The van der Waals surface area contributed by atoms with Crippen LogP contribution in [-0.4, -0.2) is 35.7 Å². The van der Waals surface area contributed by atoms with Gasteiger partial charge in [-0.15, -0.1) is 0 Å². The Labute approximate surface area is 245 Å². The highest BCUT2D eigenvalue weighted by Crippen LogP contribution is 2.69. The van der Waals surface area contributed by atoms with E-state index in [0.29, 0.717) is 33.6 Å². The lowest BCUT2D eigenvalue weighted by Gasteiger charge is -2.49. The average Bonchev–Trinajstić information content (AvgIpc) is 2.98. The Morgan fingerprint density at radius 3 is 2.12 bits per heavy atom. The summed E-state index contributed by atoms with van der Waals surface area (Å²) in [6, 6.07) is 21.5. The van der Waals surface area contributed by atoms with E-state index in [2.05, 4.69) is 6.92 Å². The largest absolute Gasteiger partial charge is 0.445 e. The lowest BCUT2D eigenvalue weighted by Crippen LogP contribution is -2.64. The maximum atomic E-state index is 15.7. The van der Waals surface area contributed by atoms with Gasteiger partial charge in [0.05, 0.1) is 19.8 Å². The van der Waals surface area contributed by atoms with Gasteiger partial charge in [0, 0.05) is 6.42 Å². The lowest BCUT2D eigenvalue weighted by atomic mass is 9.83. The third kappa shape index (κ3) is 6.14. The number of halogens is 3. The van der Waals surface area contributed by atoms with E-state index in [9.17, 15) is 9.36 Å². The molecular weight excluding hydrogens is 566 g/mol. The highest BCUT2D eigenvalue weighted by atomic mass is 31.2. The number of unbranched alkanes of at least 4 members (excludes halogenated alkanes) is 1. The predicted octanol–water partition coefficient (Wildman–Crippen LogP) is 8.92. The molecule has 10 heteroatoms. The Morgan fingerprint density at radius 2 is 1.55 bits per heavy atom. The number of aryl methyl sites for hydroxylation is 1. The number of fused-ring (bicyclic) bond motifs is 1. The van der Waals surface area contributed by atoms with Gasteiger partial charge in [0.1, 0.15) is 6.61 Å². The van der Waals surface area contributed by atoms with Crippen LogP contribution in [0, 0.1) is 0 Å². The molecule has 0 saturated heterocycles. The number of hydrogen-bond acceptors (Lipinski definition) is 5. The minimum absolute atomic E-state index is 0.254. The van der Waals surface area contributed by atoms with Crippen molar-refractivity contribution in [2.75, 3.05) is 13.2 Å². The standard InChI is InChI=1S/C32H37F3NO5P/c1-4-7-16-26-19-20-27-22-36(30(37)39-23-24-14-10-8-11-15-24)31(32(33,34)35,42(38,40-5-2)41-6-3)21-28(27)29(26)25-17-12-9-13-18-25/h8-15,17-20H,4-7,16,21-23H2,1-3H3. The summed E-state index contributed by atoms with van der Waals surface area (Å²) in [6.07, 6.45) is -4.86. The summed E-state index contributed by atoms with van der Waals surface area (Å²) in [7, 11) is -5.06. The fraction of sp³-hybridized carbons (Fsp3) is 0.406. The van der Waals surface area contributed by atoms with Gasteiger partial charge in [-0.2, -0.15) is 13.2 Å². The molecule has 3 aromatic rings. The van der Waals surface area contributed by atoms with Crippen molar-refractivity contribution in [2.45, 2.75) is 71.1 Å². The molecule has 6 nitrogen and oxygen atoms in total. The summed E-state index contributed by atoms with van der Waals surface area (Å²) in [5, 5.41) is -3.32. The normalized spacial score (nSPS) is 17.1. The summed E-state index contributed by atoms with van der Waals surface area (Å²) in [5.74, 6) is 0. The molecule has 1 aliphatic rings. The third-order valence-corrected chi connectivity index (χ3v) is 10.2. The highest BCUT2D eigenvalue weighted by molar-refractivity contribution is 7.55. The van der Waals surface area contributed by atoms with Crippen LogP contribution in [0.25, 0.3) is 11.1 Å². The Bertz CT molecular complexity index is 1390. The first kappa shape index (κ1) is 31.8. The smallest absolute Gasteiger partial charge is 0.423 e. The average molecular weight is 604 g/mol. The van der Waals surface area contributed by atoms with Crippen LogP contribution >= 0.6 is 7.60 Å². The number of alkyl halides is 3. The molecule has 0 aromatic heterocycles. The van der Waals surface area contributed by atoms with Gasteiger partial charge in [0.15, 0.2) is 0 Å². The van der Waals surface area contributed by atoms with Crippen molar-refractivity contribution < 1.29 is 36.3 Å². The summed E-state index contributed by atoms with van der Waals surface area (Å²) in [6.45, 7) is 3.59. The summed E-state index contributed by atoms with van der Waals surface area (Å²) in [5.41, 5.74) is 3.79. The minimum atomic E-state index is -5.20. The molecule has 0 bridgehead atoms. The highest BCUT2D eigenvalue weighted by Gasteiger charge is 2.74. The van der Waals surface area contributed by atoms with Crippen LogP contribution in [0.15, 0.2) is 72.8 Å². The molecule has 226 valence electrons. The first-order valence-corrected chi connectivity index (χ1v) is 15.8. The summed E-state index contributed by atoms with van der Waals surface area (Å²) < 4.78 is 77.6. The van der Waals surface area contributed by atoms with E-state index in [1.807, 2.05) is 36.4 Å². The van der Waals surface area contributed by atoms with Gasteiger partial charge in [-0.25, -0.2) is 4.79 Å². The molecule has 0 radical (unpaired) electrons. The first-order valence-electron chi connectivity index (χ1n) is 14.2. The SMILES string of the molecule is CCCCc1ccc2c(c1-c1ccccc1)CC(C(F)(F)F)(P(=O)(OCC)OCC)N(C(=O)OCc1ccccc1)C2. The van der Waals surface area contributed by atoms with Crippen LogP contribution < -0.4 is 0 Å². The van der Waals surface area contributed by atoms with Crippen LogP contribution in [0.2, 0.25) is 0 Å². The van der Waals surface area contributed by atoms with Crippen LogP contribution in [-0.2, 0) is 44.3 Å². The maximum absolute atomic E-state index is 15.7. The van der Waals surface area contributed by atoms with Crippen molar-refractivity contribution in [3.05, 3.63) is 95.1 Å². The van der Waals surface area contributed by atoms with Crippen molar-refractivity contribution in [1.29, 1.82) is 0 Å². The number of amides is 1. The molecule has 1 atom stereocenters. The van der Waals surface area contributed by atoms with Gasteiger partial charge < -0.3 is 13.8 Å². The quantitative estimate of drug-likeness (QED) is 0.205. The van der Waals surface area contributed by atoms with Crippen LogP contribution in [0.3, 0.4) is 0 Å². The van der Waals surface area contributed by atoms with Gasteiger partial charge in [-0.1, -0.05) is 86.1 Å². The Morgan fingerprint density at radius 1 is 0.929 bits per heavy atom. The summed E-state index contributed by atoms with van der Waals surface area (Å²) >= 11 is 0. The fourth-order valence-corrected chi connectivity index (χ4v) is 7.82. The monoisotopic (exact) mass is 603 g/mol. The Kier molecular flexibility index (Phi) is 10.2. The molecule has 0 N–H and O–H groups in total. The number of ether oxygens (including phenoxy) is 1. The first-order chi connectivity index (χ1) is 20.1. The molecule has 4 rings (SSSR count). The predicted molar refractivity (Wildman–Crippen MR) is 156 cm³/mol. The van der Waals surface area contributed by atoms with Crippen molar-refractivity contribution in [2.24, 2.45) is 0 Å². The number of carbonyl (C=O) groups excluding carboxylic acids is 1. The molecule has 0 fully saturated rings. The number of hydrogen-bond donors (Lipinski definition) is 0. The topological polar surface area (TPSA) is 65.1 Å². The van der Waals surface area contributed by atoms with E-state index < -0.39 is 38.1 Å². The van der Waals surface area contributed by atoms with Gasteiger partial charge in [0.2, 0.25) is 5.28 Å². The number of nitrogens with zero attached hydrogens (tertiary/aromatic N) is 1. The van der Waals surface area contributed by atoms with Crippen molar-refractivity contribution in [3.63, 3.8) is 0 Å². The van der Waals surface area contributed by atoms with Crippen LogP contribution in [0.1, 0.15) is 55.9 Å². The van der Waals surface area contributed by atoms with Crippen LogP contribution in [0.5, 0.6) is 0 Å². The molecule has 1 amide bonds. The van der Waals surface area contributed by atoms with Crippen molar-refractivity contribution in [3.8, 4) is 11.1 Å². The van der Waals surface area contributed by atoms with E-state index in [1.54, 1.807) is 36.4 Å². The minimum Gasteiger partial charge on any atom is -0.445 e. The number of benzene rings is 3. The van der Waals surface area contributed by atoms with Gasteiger partial charge in [-0.3, -0.25) is 9.46 Å². The second-order valence-corrected chi connectivity index (χ2v) is 12.4. The zero-order valence-electron chi connectivity index (χ0n) is 24.2. The Balaban J connectivity index is 1.95. The van der Waals surface area contributed by atoms with E-state index >= 15 is 13.2 Å². The molecule has 0 saturated carbocycles. The molecule has 42 heavy (non-hydrogen) atoms. The van der Waals surface area contributed by atoms with E-state index in [4.69, 9.17) is 13.8 Å². The molecule has 0 spiro atoms. The van der Waals surface area contributed by atoms with Crippen molar-refractivity contribution in [1.82, 2.24) is 4.90 Å². The molecule has 1 unspecified atom stereocenters. The molecule has 0 aliphatic carbocycles. The van der Waals surface area contributed by atoms with Gasteiger partial charge in [-0.05, 0) is 60.1 Å². The third-order valence-electron chi connectivity index (χ3n) is 7.49. The summed E-state index contributed by atoms with van der Waals surface area (Å²) in [4.78, 5) is 14.2. The fourth-order valence-electron chi connectivity index (χ4n) is 5.53. The zero-order valence-corrected chi connectivity index (χ0v) is 25.0. The maximum Gasteiger partial charge on any atom is 0.423 e. The Hall–Kier alpha value is -3.13. The van der Waals surface area contributed by atoms with E-state index in [1.165, 1.54) is 13.8 Å². The molecular formula is C32H37F3NO5P. The number of carbonyl (C=O) groups is 1. The van der Waals surface area contributed by atoms with Crippen LogP contribution in [0.4, 0.5) is 18.0 Å². The zero-order chi connectivity index (χ0) is 30.4.